The maximum absolute atomic E-state index is 5.82. The van der Waals surface area contributed by atoms with Gasteiger partial charge < -0.3 is 4.42 Å². The van der Waals surface area contributed by atoms with E-state index >= 15 is 0 Å². The van der Waals surface area contributed by atoms with Crippen molar-refractivity contribution < 1.29 is 4.42 Å². The number of aromatic nitrogens is 3. The first-order valence-electron chi connectivity index (χ1n) is 8.71. The molecule has 0 aliphatic carbocycles. The molecular weight excluding hydrogens is 334 g/mol. The average Bonchev–Trinajstić information content (AvgIpc) is 3.15. The molecule has 0 fully saturated rings. The molecular formula is C23H15N3O. The van der Waals surface area contributed by atoms with Crippen LogP contribution in [0.3, 0.4) is 0 Å². The van der Waals surface area contributed by atoms with Gasteiger partial charge in [-0.1, -0.05) is 48.5 Å². The molecule has 2 aromatic heterocycles. The van der Waals surface area contributed by atoms with Crippen LogP contribution in [-0.4, -0.2) is 15.0 Å². The highest BCUT2D eigenvalue weighted by molar-refractivity contribution is 5.82. The second-order valence-electron chi connectivity index (χ2n) is 6.22. The zero-order valence-electron chi connectivity index (χ0n) is 14.4. The van der Waals surface area contributed by atoms with Crippen LogP contribution in [0.25, 0.3) is 45.4 Å². The van der Waals surface area contributed by atoms with Gasteiger partial charge in [-0.15, -0.1) is 0 Å². The summed E-state index contributed by atoms with van der Waals surface area (Å²) in [4.78, 5) is 13.6. The Labute approximate surface area is 155 Å². The van der Waals surface area contributed by atoms with Crippen LogP contribution in [0.1, 0.15) is 11.6 Å². The molecule has 0 amide bonds. The van der Waals surface area contributed by atoms with Crippen molar-refractivity contribution >= 4 is 34.3 Å². The number of para-hydroxylation sites is 2. The van der Waals surface area contributed by atoms with E-state index < -0.39 is 0 Å². The highest BCUT2D eigenvalue weighted by atomic mass is 16.3. The van der Waals surface area contributed by atoms with Crippen molar-refractivity contribution in [1.82, 2.24) is 15.0 Å². The fraction of sp³-hybridized carbons (Fsp3) is 0. The number of benzene rings is 3. The Balaban J connectivity index is 1.46. The first kappa shape index (κ1) is 15.5. The molecule has 0 spiro atoms. The summed E-state index contributed by atoms with van der Waals surface area (Å²) in [5.74, 6) is 0.546. The van der Waals surface area contributed by atoms with Gasteiger partial charge >= 0.3 is 0 Å². The SMILES string of the molecule is C(=C\c1nc2cc(-c3ccccc3)ccc2o1)/c1cnc2ccccc2n1. The van der Waals surface area contributed by atoms with Gasteiger partial charge in [-0.05, 0) is 41.5 Å². The normalized spacial score (nSPS) is 11.6. The number of hydrogen-bond acceptors (Lipinski definition) is 4. The molecule has 128 valence electrons. The van der Waals surface area contributed by atoms with Crippen LogP contribution in [0.5, 0.6) is 0 Å². The molecule has 5 aromatic rings. The number of oxazole rings is 1. The van der Waals surface area contributed by atoms with Gasteiger partial charge in [0.05, 0.1) is 22.9 Å². The van der Waals surface area contributed by atoms with Crippen LogP contribution in [0.15, 0.2) is 83.4 Å². The van der Waals surface area contributed by atoms with E-state index in [4.69, 9.17) is 4.42 Å². The Hall–Kier alpha value is -3.79. The summed E-state index contributed by atoms with van der Waals surface area (Å²) in [6.07, 6.45) is 5.43. The quantitative estimate of drug-likeness (QED) is 0.425. The Morgan fingerprint density at radius 2 is 1.48 bits per heavy atom. The molecule has 4 nitrogen and oxygen atoms in total. The Morgan fingerprint density at radius 1 is 0.667 bits per heavy atom. The molecule has 0 unspecified atom stereocenters. The summed E-state index contributed by atoms with van der Waals surface area (Å²) in [6.45, 7) is 0. The van der Waals surface area contributed by atoms with Crippen LogP contribution in [0, 0.1) is 0 Å². The Kier molecular flexibility index (Phi) is 3.72. The van der Waals surface area contributed by atoms with Crippen molar-refractivity contribution in [2.75, 3.05) is 0 Å². The molecule has 0 saturated heterocycles. The standard InChI is InChI=1S/C23H15N3O/c1-2-6-16(7-3-1)17-10-12-22-21(14-17)26-23(27-22)13-11-18-15-24-19-8-4-5-9-20(19)25-18/h1-15H/b13-11+. The molecule has 0 atom stereocenters. The van der Waals surface area contributed by atoms with Gasteiger partial charge in [0, 0.05) is 6.08 Å². The number of rotatable bonds is 3. The molecule has 0 aliphatic heterocycles. The van der Waals surface area contributed by atoms with Crippen LogP contribution in [0.2, 0.25) is 0 Å². The smallest absolute Gasteiger partial charge is 0.220 e. The van der Waals surface area contributed by atoms with Crippen molar-refractivity contribution in [3.63, 3.8) is 0 Å². The summed E-state index contributed by atoms with van der Waals surface area (Å²) in [5, 5.41) is 0. The van der Waals surface area contributed by atoms with Crippen LogP contribution in [-0.2, 0) is 0 Å². The molecule has 0 bridgehead atoms. The fourth-order valence-electron chi connectivity index (χ4n) is 3.04. The number of hydrogen-bond donors (Lipinski definition) is 0. The van der Waals surface area contributed by atoms with E-state index in [0.29, 0.717) is 5.89 Å². The van der Waals surface area contributed by atoms with Gasteiger partial charge in [0.2, 0.25) is 5.89 Å². The zero-order chi connectivity index (χ0) is 18.1. The van der Waals surface area contributed by atoms with Crippen LogP contribution in [0.4, 0.5) is 0 Å². The van der Waals surface area contributed by atoms with Gasteiger partial charge in [0.25, 0.3) is 0 Å². The predicted molar refractivity (Wildman–Crippen MR) is 108 cm³/mol. The van der Waals surface area contributed by atoms with E-state index in [9.17, 15) is 0 Å². The van der Waals surface area contributed by atoms with Crippen molar-refractivity contribution in [1.29, 1.82) is 0 Å². The molecule has 0 aliphatic rings. The monoisotopic (exact) mass is 349 g/mol. The molecule has 27 heavy (non-hydrogen) atoms. The molecule has 0 saturated carbocycles. The first-order chi connectivity index (χ1) is 13.3. The van der Waals surface area contributed by atoms with Crippen molar-refractivity contribution in [2.24, 2.45) is 0 Å². The Morgan fingerprint density at radius 3 is 2.37 bits per heavy atom. The van der Waals surface area contributed by atoms with E-state index in [-0.39, 0.29) is 0 Å². The minimum atomic E-state index is 0.546. The molecule has 4 heteroatoms. The van der Waals surface area contributed by atoms with E-state index in [1.54, 1.807) is 6.20 Å². The first-order valence-corrected chi connectivity index (χ1v) is 8.71. The summed E-state index contributed by atoms with van der Waals surface area (Å²) in [6, 6.07) is 24.1. The van der Waals surface area contributed by atoms with Gasteiger partial charge in [-0.2, -0.15) is 0 Å². The van der Waals surface area contributed by atoms with E-state index in [1.165, 1.54) is 0 Å². The number of nitrogens with zero attached hydrogens (tertiary/aromatic N) is 3. The van der Waals surface area contributed by atoms with Crippen LogP contribution >= 0.6 is 0 Å². The van der Waals surface area contributed by atoms with E-state index in [2.05, 4.69) is 27.1 Å². The second-order valence-corrected chi connectivity index (χ2v) is 6.22. The highest BCUT2D eigenvalue weighted by Gasteiger charge is 2.06. The average molecular weight is 349 g/mol. The summed E-state index contributed by atoms with van der Waals surface area (Å²) >= 11 is 0. The number of fused-ring (bicyclic) bond motifs is 2. The van der Waals surface area contributed by atoms with Gasteiger partial charge in [0.1, 0.15) is 5.52 Å². The summed E-state index contributed by atoms with van der Waals surface area (Å²) in [7, 11) is 0. The minimum Gasteiger partial charge on any atom is -0.437 e. The third-order valence-corrected chi connectivity index (χ3v) is 4.38. The van der Waals surface area contributed by atoms with Crippen molar-refractivity contribution in [3.05, 3.63) is 90.6 Å². The van der Waals surface area contributed by atoms with Crippen LogP contribution < -0.4 is 0 Å². The lowest BCUT2D eigenvalue weighted by molar-refractivity contribution is 0.589. The largest absolute Gasteiger partial charge is 0.437 e. The lowest BCUT2D eigenvalue weighted by Crippen LogP contribution is -1.86. The van der Waals surface area contributed by atoms with Crippen molar-refractivity contribution in [2.45, 2.75) is 0 Å². The van der Waals surface area contributed by atoms with Gasteiger partial charge in [-0.25, -0.2) is 9.97 Å². The minimum absolute atomic E-state index is 0.546. The highest BCUT2D eigenvalue weighted by Crippen LogP contribution is 2.25. The third kappa shape index (κ3) is 3.09. The lowest BCUT2D eigenvalue weighted by Gasteiger charge is -1.99. The maximum atomic E-state index is 5.82. The molecule has 0 radical (unpaired) electrons. The summed E-state index contributed by atoms with van der Waals surface area (Å²) in [5.41, 5.74) is 6.38. The topological polar surface area (TPSA) is 51.8 Å². The summed E-state index contributed by atoms with van der Waals surface area (Å²) < 4.78 is 5.82. The molecule has 3 aromatic carbocycles. The maximum Gasteiger partial charge on any atom is 0.220 e. The molecule has 0 N–H and O–H groups in total. The zero-order valence-corrected chi connectivity index (χ0v) is 14.4. The van der Waals surface area contributed by atoms with Gasteiger partial charge in [-0.3, -0.25) is 4.98 Å². The fourth-order valence-corrected chi connectivity index (χ4v) is 3.04. The lowest BCUT2D eigenvalue weighted by atomic mass is 10.1. The molecule has 5 rings (SSSR count). The third-order valence-electron chi connectivity index (χ3n) is 4.38. The second kappa shape index (κ2) is 6.50. The van der Waals surface area contributed by atoms with Gasteiger partial charge in [0.15, 0.2) is 5.58 Å². The van der Waals surface area contributed by atoms with E-state index in [0.717, 1.165) is 39.0 Å². The Bertz CT molecular complexity index is 1270. The molecule has 2 heterocycles. The van der Waals surface area contributed by atoms with Crippen molar-refractivity contribution in [3.8, 4) is 11.1 Å². The predicted octanol–water partition coefficient (Wildman–Crippen LogP) is 5.61. The van der Waals surface area contributed by atoms with E-state index in [1.807, 2.05) is 72.8 Å².